The van der Waals surface area contributed by atoms with Crippen molar-refractivity contribution in [3.05, 3.63) is 65.0 Å². The fourth-order valence-corrected chi connectivity index (χ4v) is 2.37. The fourth-order valence-electron chi connectivity index (χ4n) is 2.37. The molecule has 1 aromatic carbocycles. The van der Waals surface area contributed by atoms with Crippen molar-refractivity contribution in [2.45, 2.75) is 26.8 Å². The van der Waals surface area contributed by atoms with Crippen molar-refractivity contribution in [1.82, 2.24) is 9.88 Å². The molecule has 0 aliphatic carbocycles. The lowest BCUT2D eigenvalue weighted by Crippen LogP contribution is -2.32. The maximum absolute atomic E-state index is 12.8. The number of carbonyl (C=O) groups is 1. The summed E-state index contributed by atoms with van der Waals surface area (Å²) in [7, 11) is 0. The number of aromatic nitrogens is 1. The third kappa shape index (κ3) is 3.92. The van der Waals surface area contributed by atoms with E-state index in [1.54, 1.807) is 17.3 Å². The first-order chi connectivity index (χ1) is 10.6. The summed E-state index contributed by atoms with van der Waals surface area (Å²) in [5, 5.41) is 8.82. The topological polar surface area (TPSA) is 57.0 Å². The van der Waals surface area contributed by atoms with E-state index in [1.165, 1.54) is 0 Å². The predicted molar refractivity (Wildman–Crippen MR) is 85.1 cm³/mol. The van der Waals surface area contributed by atoms with Gasteiger partial charge in [0.25, 0.3) is 5.91 Å². The van der Waals surface area contributed by atoms with Gasteiger partial charge >= 0.3 is 0 Å². The highest BCUT2D eigenvalue weighted by molar-refractivity contribution is 5.95. The molecule has 0 radical (unpaired) electrons. The zero-order chi connectivity index (χ0) is 15.9. The van der Waals surface area contributed by atoms with E-state index in [9.17, 15) is 4.79 Å². The molecule has 0 unspecified atom stereocenters. The van der Waals surface area contributed by atoms with Crippen molar-refractivity contribution in [3.63, 3.8) is 0 Å². The van der Waals surface area contributed by atoms with Crippen LogP contribution in [0.15, 0.2) is 42.7 Å². The van der Waals surface area contributed by atoms with Gasteiger partial charge in [-0.15, -0.1) is 0 Å². The molecule has 0 spiro atoms. The number of nitriles is 1. The minimum absolute atomic E-state index is 0.0448. The van der Waals surface area contributed by atoms with Crippen LogP contribution in [0.25, 0.3) is 0 Å². The molecule has 1 aromatic heterocycles. The van der Waals surface area contributed by atoms with E-state index >= 15 is 0 Å². The number of hydrogen-bond donors (Lipinski definition) is 0. The molecule has 0 saturated carbocycles. The molecule has 22 heavy (non-hydrogen) atoms. The van der Waals surface area contributed by atoms with Crippen LogP contribution in [-0.4, -0.2) is 22.3 Å². The van der Waals surface area contributed by atoms with Crippen molar-refractivity contribution in [2.75, 3.05) is 6.54 Å². The van der Waals surface area contributed by atoms with E-state index in [1.807, 2.05) is 44.2 Å². The summed E-state index contributed by atoms with van der Waals surface area (Å²) in [6.45, 7) is 4.82. The Morgan fingerprint density at radius 1 is 1.32 bits per heavy atom. The minimum atomic E-state index is -0.0448. The largest absolute Gasteiger partial charge is 0.333 e. The summed E-state index contributed by atoms with van der Waals surface area (Å²) in [5.74, 6) is -0.0448. The molecule has 1 heterocycles. The maximum Gasteiger partial charge on any atom is 0.254 e. The number of nitrogens with zero attached hydrogens (tertiary/aromatic N) is 3. The average Bonchev–Trinajstić information content (AvgIpc) is 2.52. The van der Waals surface area contributed by atoms with Crippen LogP contribution in [0.5, 0.6) is 0 Å². The summed E-state index contributed by atoms with van der Waals surface area (Å²) in [4.78, 5) is 18.6. The highest BCUT2D eigenvalue weighted by Gasteiger charge is 2.17. The second-order valence-electron chi connectivity index (χ2n) is 5.31. The summed E-state index contributed by atoms with van der Waals surface area (Å²) >= 11 is 0. The van der Waals surface area contributed by atoms with Gasteiger partial charge in [-0.3, -0.25) is 9.78 Å². The molecule has 0 aliphatic heterocycles. The minimum Gasteiger partial charge on any atom is -0.333 e. The lowest BCUT2D eigenvalue weighted by Gasteiger charge is -2.22. The zero-order valence-electron chi connectivity index (χ0n) is 12.9. The lowest BCUT2D eigenvalue weighted by atomic mass is 10.0. The van der Waals surface area contributed by atoms with Crippen molar-refractivity contribution >= 4 is 5.91 Å². The van der Waals surface area contributed by atoms with Gasteiger partial charge in [-0.1, -0.05) is 23.8 Å². The number of aryl methyl sites for hydroxylation is 2. The van der Waals surface area contributed by atoms with Crippen LogP contribution >= 0.6 is 0 Å². The van der Waals surface area contributed by atoms with Crippen molar-refractivity contribution in [1.29, 1.82) is 5.26 Å². The molecule has 0 saturated heterocycles. The smallest absolute Gasteiger partial charge is 0.254 e. The molecule has 0 N–H and O–H groups in total. The summed E-state index contributed by atoms with van der Waals surface area (Å²) in [6, 6.07) is 11.7. The van der Waals surface area contributed by atoms with Crippen molar-refractivity contribution in [2.24, 2.45) is 0 Å². The van der Waals surface area contributed by atoms with Gasteiger partial charge in [-0.25, -0.2) is 0 Å². The monoisotopic (exact) mass is 293 g/mol. The molecule has 4 heteroatoms. The van der Waals surface area contributed by atoms with E-state index in [4.69, 9.17) is 5.26 Å². The maximum atomic E-state index is 12.8. The van der Waals surface area contributed by atoms with Crippen LogP contribution < -0.4 is 0 Å². The van der Waals surface area contributed by atoms with Crippen molar-refractivity contribution < 1.29 is 4.79 Å². The molecule has 112 valence electrons. The predicted octanol–water partition coefficient (Wildman–Crippen LogP) is 3.25. The number of benzene rings is 1. The molecule has 1 amide bonds. The van der Waals surface area contributed by atoms with E-state index in [-0.39, 0.29) is 5.91 Å². The Kier molecular flexibility index (Phi) is 5.26. The standard InChI is InChI=1S/C18H19N3O/c1-14-6-7-17(15(2)11-14)18(22)21(10-4-8-19)13-16-5-3-9-20-12-16/h3,5-7,9,11-12H,4,10,13H2,1-2H3. The van der Waals surface area contributed by atoms with Gasteiger partial charge in [0.1, 0.15) is 0 Å². The van der Waals surface area contributed by atoms with Crippen LogP contribution in [0, 0.1) is 25.2 Å². The Morgan fingerprint density at radius 3 is 2.77 bits per heavy atom. The highest BCUT2D eigenvalue weighted by atomic mass is 16.2. The Hall–Kier alpha value is -2.67. The number of hydrogen-bond acceptors (Lipinski definition) is 3. The Labute approximate surface area is 131 Å². The van der Waals surface area contributed by atoms with E-state index in [0.717, 1.165) is 16.7 Å². The van der Waals surface area contributed by atoms with Crippen molar-refractivity contribution in [3.8, 4) is 6.07 Å². The van der Waals surface area contributed by atoms with E-state index in [2.05, 4.69) is 11.1 Å². The van der Waals surface area contributed by atoms with Crippen LogP contribution in [0.4, 0.5) is 0 Å². The summed E-state index contributed by atoms with van der Waals surface area (Å²) in [5.41, 5.74) is 3.73. The van der Waals surface area contributed by atoms with E-state index < -0.39 is 0 Å². The van der Waals surface area contributed by atoms with Gasteiger partial charge < -0.3 is 4.90 Å². The molecular weight excluding hydrogens is 274 g/mol. The number of rotatable bonds is 5. The SMILES string of the molecule is Cc1ccc(C(=O)N(CCC#N)Cc2cccnc2)c(C)c1. The van der Waals surface area contributed by atoms with Gasteiger partial charge in [0.15, 0.2) is 0 Å². The molecule has 0 atom stereocenters. The molecular formula is C18H19N3O. The first-order valence-corrected chi connectivity index (χ1v) is 7.24. The van der Waals surface area contributed by atoms with Gasteiger partial charge in [-0.05, 0) is 37.1 Å². The average molecular weight is 293 g/mol. The first kappa shape index (κ1) is 15.7. The third-order valence-corrected chi connectivity index (χ3v) is 3.49. The zero-order valence-corrected chi connectivity index (χ0v) is 12.9. The molecule has 0 aliphatic rings. The Morgan fingerprint density at radius 2 is 2.14 bits per heavy atom. The molecule has 2 rings (SSSR count). The van der Waals surface area contributed by atoms with Crippen LogP contribution in [0.2, 0.25) is 0 Å². The van der Waals surface area contributed by atoms with Gasteiger partial charge in [0.05, 0.1) is 12.5 Å². The van der Waals surface area contributed by atoms with E-state index in [0.29, 0.717) is 25.1 Å². The van der Waals surface area contributed by atoms with Gasteiger partial charge in [-0.2, -0.15) is 5.26 Å². The second kappa shape index (κ2) is 7.37. The third-order valence-electron chi connectivity index (χ3n) is 3.49. The quantitative estimate of drug-likeness (QED) is 0.850. The Bertz CT molecular complexity index is 689. The molecule has 0 bridgehead atoms. The van der Waals surface area contributed by atoms with Crippen LogP contribution in [-0.2, 0) is 6.54 Å². The van der Waals surface area contributed by atoms with Gasteiger partial charge in [0.2, 0.25) is 0 Å². The Balaban J connectivity index is 2.24. The molecule has 0 fully saturated rings. The number of pyridine rings is 1. The first-order valence-electron chi connectivity index (χ1n) is 7.24. The summed E-state index contributed by atoms with van der Waals surface area (Å²) in [6.07, 6.45) is 3.76. The molecule has 4 nitrogen and oxygen atoms in total. The van der Waals surface area contributed by atoms with Crippen LogP contribution in [0.3, 0.4) is 0 Å². The molecule has 2 aromatic rings. The normalized spacial score (nSPS) is 10.0. The number of amides is 1. The van der Waals surface area contributed by atoms with Gasteiger partial charge in [0, 0.05) is 31.0 Å². The number of carbonyl (C=O) groups excluding carboxylic acids is 1. The lowest BCUT2D eigenvalue weighted by molar-refractivity contribution is 0.0746. The fraction of sp³-hybridized carbons (Fsp3) is 0.278. The second-order valence-corrected chi connectivity index (χ2v) is 5.31. The highest BCUT2D eigenvalue weighted by Crippen LogP contribution is 2.15. The summed E-state index contributed by atoms with van der Waals surface area (Å²) < 4.78 is 0. The van der Waals surface area contributed by atoms with Crippen LogP contribution in [0.1, 0.15) is 33.5 Å².